The Morgan fingerprint density at radius 1 is 1.14 bits per heavy atom. The number of nitrogens with one attached hydrogen (secondary N) is 2. The number of hydrogen-bond donors (Lipinski definition) is 9. The molecule has 0 bridgehead atoms. The number of aliphatic hydroxyl groups is 2. The average Bonchev–Trinajstić information content (AvgIpc) is 3.57. The molecule has 0 aliphatic carbocycles. The van der Waals surface area contributed by atoms with Crippen LogP contribution < -0.4 is 16.4 Å². The number of anilines is 1. The van der Waals surface area contributed by atoms with E-state index in [4.69, 9.17) is 24.8 Å². The topological polar surface area (TPSA) is 370 Å². The molecule has 1 saturated heterocycles. The maximum absolute atomic E-state index is 12.6. The van der Waals surface area contributed by atoms with Crippen LogP contribution >= 0.6 is 35.2 Å². The average molecular weight is 793 g/mol. The first-order valence-electron chi connectivity index (χ1n) is 14.1. The number of phosphoric ester groups is 3. The third-order valence-corrected chi connectivity index (χ3v) is 10.3. The summed E-state index contributed by atoms with van der Waals surface area (Å²) in [5.41, 5.74) is 4.26. The van der Waals surface area contributed by atoms with Gasteiger partial charge in [0, 0.05) is 30.7 Å². The highest BCUT2D eigenvalue weighted by Crippen LogP contribution is 2.61. The first-order valence-corrected chi connectivity index (χ1v) is 19.6. The van der Waals surface area contributed by atoms with E-state index in [1.54, 1.807) is 0 Å². The van der Waals surface area contributed by atoms with Crippen LogP contribution in [0.4, 0.5) is 5.82 Å². The van der Waals surface area contributed by atoms with Gasteiger partial charge >= 0.3 is 23.5 Å². The summed E-state index contributed by atoms with van der Waals surface area (Å²) in [5, 5.41) is 36.4. The molecule has 2 unspecified atom stereocenters. The predicted molar refractivity (Wildman–Crippen MR) is 168 cm³/mol. The Balaban J connectivity index is 1.57. The van der Waals surface area contributed by atoms with Crippen LogP contribution in [-0.2, 0) is 45.9 Å². The molecular weight excluding hydrogens is 757 g/mol. The lowest BCUT2D eigenvalue weighted by Crippen LogP contribution is -2.46. The minimum Gasteiger partial charge on any atom is -0.386 e. The van der Waals surface area contributed by atoms with Gasteiger partial charge in [-0.15, -0.1) is 0 Å². The molecule has 0 aromatic carbocycles. The van der Waals surface area contributed by atoms with Gasteiger partial charge in [-0.05, 0) is 11.8 Å². The maximum atomic E-state index is 12.6. The van der Waals surface area contributed by atoms with Crippen molar-refractivity contribution in [2.75, 3.05) is 37.8 Å². The lowest BCUT2D eigenvalue weighted by Gasteiger charge is -2.30. The summed E-state index contributed by atoms with van der Waals surface area (Å²) in [6.45, 7) is 0.536. The highest BCUT2D eigenvalue weighted by Gasteiger charge is 2.50. The molecule has 2 aromatic rings. The summed E-state index contributed by atoms with van der Waals surface area (Å²) >= 11 is 0.946. The van der Waals surface area contributed by atoms with E-state index in [0.29, 0.717) is 5.75 Å². The fraction of sp³-hybridized carbons (Fsp3) is 0.636. The van der Waals surface area contributed by atoms with Gasteiger partial charge in [0.25, 0.3) is 0 Å². The second-order valence-corrected chi connectivity index (χ2v) is 16.1. The molecule has 280 valence electrons. The summed E-state index contributed by atoms with van der Waals surface area (Å²) in [6, 6.07) is 0. The van der Waals surface area contributed by atoms with Crippen LogP contribution in [0.25, 0.3) is 11.2 Å². The largest absolute Gasteiger partial charge is 0.481 e. The standard InChI is InChI=1S/C22H35N8O16P3S/c1-22(2,17(33)20(34)26-4-3-13(31)25-5-6-50-9-23)8-43-49(40,41)46-48(38,39)42-7-12-16(45-47(35,36)37)15(32)21(44-12)30-11-29-14-18(24)27-10-28-19(14)30/h10-12,15-17,21,32-33H,3-8H2,1-2H3,(H,25,31)(H,26,34)(H,38,39)(H,40,41)(H2,24,27,28)(H2,35,36,37)/t12-,15-,16-,17+,21-/m1/s1. The maximum Gasteiger partial charge on any atom is 0.481 e. The number of aliphatic hydroxyl groups excluding tert-OH is 2. The minimum absolute atomic E-state index is 0.0317. The Kier molecular flexibility index (Phi) is 14.4. The van der Waals surface area contributed by atoms with E-state index in [1.165, 1.54) is 13.8 Å². The highest BCUT2D eigenvalue weighted by molar-refractivity contribution is 8.03. The molecule has 1 aliphatic heterocycles. The van der Waals surface area contributed by atoms with Crippen molar-refractivity contribution in [3.63, 3.8) is 0 Å². The first-order chi connectivity index (χ1) is 23.2. The van der Waals surface area contributed by atoms with E-state index in [1.807, 2.05) is 5.40 Å². The zero-order valence-electron chi connectivity index (χ0n) is 26.1. The van der Waals surface area contributed by atoms with Crippen LogP contribution in [0.5, 0.6) is 0 Å². The lowest BCUT2D eigenvalue weighted by atomic mass is 9.87. The third kappa shape index (κ3) is 12.0. The van der Waals surface area contributed by atoms with Crippen LogP contribution in [0.2, 0.25) is 0 Å². The number of nitriles is 1. The summed E-state index contributed by atoms with van der Waals surface area (Å²) in [7, 11) is -16.3. The number of nitrogen functional groups attached to an aromatic ring is 1. The molecule has 7 atom stereocenters. The molecule has 24 nitrogen and oxygen atoms in total. The molecule has 3 heterocycles. The smallest absolute Gasteiger partial charge is 0.386 e. The van der Waals surface area contributed by atoms with Gasteiger partial charge in [0.2, 0.25) is 11.8 Å². The fourth-order valence-corrected chi connectivity index (χ4v) is 7.35. The van der Waals surface area contributed by atoms with Crippen molar-refractivity contribution < 1.29 is 75.7 Å². The van der Waals surface area contributed by atoms with Crippen molar-refractivity contribution in [2.24, 2.45) is 5.41 Å². The van der Waals surface area contributed by atoms with Crippen molar-refractivity contribution in [3.8, 4) is 5.40 Å². The van der Waals surface area contributed by atoms with E-state index in [-0.39, 0.29) is 36.5 Å². The number of ether oxygens (including phenoxy) is 1. The van der Waals surface area contributed by atoms with Crippen molar-refractivity contribution >= 4 is 64.0 Å². The quantitative estimate of drug-likeness (QED) is 0.0449. The van der Waals surface area contributed by atoms with E-state index in [9.17, 15) is 53.1 Å². The van der Waals surface area contributed by atoms with E-state index >= 15 is 0 Å². The molecule has 0 saturated carbocycles. The van der Waals surface area contributed by atoms with E-state index in [2.05, 4.69) is 34.4 Å². The Morgan fingerprint density at radius 2 is 1.82 bits per heavy atom. The number of imidazole rings is 1. The Morgan fingerprint density at radius 3 is 2.48 bits per heavy atom. The van der Waals surface area contributed by atoms with E-state index < -0.39 is 84.6 Å². The van der Waals surface area contributed by atoms with Gasteiger partial charge in [0.15, 0.2) is 17.7 Å². The number of carbonyl (C=O) groups excluding carboxylic acids is 2. The first kappa shape index (κ1) is 41.8. The van der Waals surface area contributed by atoms with Gasteiger partial charge in [-0.25, -0.2) is 28.6 Å². The van der Waals surface area contributed by atoms with Gasteiger partial charge < -0.3 is 50.9 Å². The highest BCUT2D eigenvalue weighted by atomic mass is 32.2. The summed E-state index contributed by atoms with van der Waals surface area (Å²) < 4.78 is 61.8. The number of thioether (sulfide) groups is 1. The molecule has 28 heteroatoms. The van der Waals surface area contributed by atoms with Crippen LogP contribution in [0.3, 0.4) is 0 Å². The predicted octanol–water partition coefficient (Wildman–Crippen LogP) is -1.38. The molecule has 2 amide bonds. The van der Waals surface area contributed by atoms with Gasteiger partial charge in [-0.3, -0.25) is 27.7 Å². The molecule has 1 aliphatic rings. The monoisotopic (exact) mass is 792 g/mol. The Hall–Kier alpha value is -2.62. The molecule has 0 spiro atoms. The third-order valence-electron chi connectivity index (χ3n) is 6.67. The molecule has 2 aromatic heterocycles. The molecule has 1 fully saturated rings. The molecule has 3 rings (SSSR count). The van der Waals surface area contributed by atoms with Gasteiger partial charge in [0.1, 0.15) is 41.7 Å². The fourth-order valence-electron chi connectivity index (χ4n) is 4.23. The normalized spacial score (nSPS) is 22.7. The zero-order valence-corrected chi connectivity index (χ0v) is 29.6. The number of phosphoric acid groups is 3. The molecular formula is C22H35N8O16P3S. The van der Waals surface area contributed by atoms with Crippen LogP contribution in [-0.4, -0.2) is 118 Å². The number of fused-ring (bicyclic) bond motifs is 1. The van der Waals surface area contributed by atoms with Gasteiger partial charge in [-0.2, -0.15) is 9.57 Å². The molecule has 10 N–H and O–H groups in total. The summed E-state index contributed by atoms with van der Waals surface area (Å²) in [5.74, 6) is -1.08. The molecule has 50 heavy (non-hydrogen) atoms. The van der Waals surface area contributed by atoms with Crippen LogP contribution in [0.15, 0.2) is 12.7 Å². The zero-order chi connectivity index (χ0) is 37.5. The lowest BCUT2D eigenvalue weighted by molar-refractivity contribution is -0.137. The second-order valence-electron chi connectivity index (χ2n) is 11.0. The van der Waals surface area contributed by atoms with Crippen molar-refractivity contribution in [3.05, 3.63) is 12.7 Å². The van der Waals surface area contributed by atoms with Crippen LogP contribution in [0, 0.1) is 16.1 Å². The Labute approximate surface area is 287 Å². The number of nitrogens with two attached hydrogens (primary N) is 1. The van der Waals surface area contributed by atoms with Gasteiger partial charge in [-0.1, -0.05) is 13.8 Å². The van der Waals surface area contributed by atoms with E-state index in [0.717, 1.165) is 29.0 Å². The van der Waals surface area contributed by atoms with Crippen LogP contribution in [0.1, 0.15) is 26.5 Å². The number of hydrogen-bond acceptors (Lipinski definition) is 18. The summed E-state index contributed by atoms with van der Waals surface area (Å²) in [4.78, 5) is 74.9. The van der Waals surface area contributed by atoms with Crippen molar-refractivity contribution in [1.29, 1.82) is 5.26 Å². The number of thiocyanates is 1. The summed E-state index contributed by atoms with van der Waals surface area (Å²) in [6.07, 6.45) is -6.86. The number of aromatic nitrogens is 4. The SMILES string of the molecule is CC(C)(COP(=O)(O)OP(=O)(O)OC[C@H]1O[C@@H](n2cnc3c(N)ncnc32)[C@H](O)[C@@H]1OP(=O)(O)O)[C@@H](O)C(=O)NCCC(=O)NCCSC#N. The van der Waals surface area contributed by atoms with Gasteiger partial charge in [0.05, 0.1) is 19.5 Å². The number of nitrogens with zero attached hydrogens (tertiary/aromatic N) is 5. The number of amides is 2. The minimum atomic E-state index is -5.55. The van der Waals surface area contributed by atoms with Crippen molar-refractivity contribution in [2.45, 2.75) is 50.9 Å². The van der Waals surface area contributed by atoms with Crippen molar-refractivity contribution in [1.82, 2.24) is 30.2 Å². The number of carbonyl (C=O) groups is 2. The molecule has 0 radical (unpaired) electrons. The Bertz CT molecular complexity index is 1700. The number of rotatable bonds is 19. The second kappa shape index (κ2) is 17.3.